The molecule has 0 saturated carbocycles. The average Bonchev–Trinajstić information content (AvgIpc) is 3.43. The monoisotopic (exact) mass is 413 g/mol. The highest BCUT2D eigenvalue weighted by atomic mass is 32.2. The summed E-state index contributed by atoms with van der Waals surface area (Å²) in [5.74, 6) is -0.897. The quantitative estimate of drug-likeness (QED) is 0.750. The lowest BCUT2D eigenvalue weighted by atomic mass is 10.1. The minimum absolute atomic E-state index is 0.165. The number of nitrogens with zero attached hydrogens (tertiary/aromatic N) is 1. The zero-order valence-electron chi connectivity index (χ0n) is 16.0. The number of hydrogen-bond donors (Lipinski definition) is 2. The Morgan fingerprint density at radius 2 is 1.34 bits per heavy atom. The molecule has 29 heavy (non-hydrogen) atoms. The van der Waals surface area contributed by atoms with Crippen molar-refractivity contribution >= 4 is 21.8 Å². The molecule has 2 aromatic rings. The maximum Gasteiger partial charge on any atom is 0.269 e. The number of benzene rings is 2. The number of amides is 2. The highest BCUT2D eigenvalue weighted by Gasteiger charge is 2.27. The number of carbonyl (C=O) groups excluding carboxylic acids is 2. The second-order valence-corrected chi connectivity index (χ2v) is 9.32. The molecule has 152 valence electrons. The van der Waals surface area contributed by atoms with Crippen molar-refractivity contribution in [2.24, 2.45) is 0 Å². The Kier molecular flexibility index (Phi) is 5.38. The van der Waals surface area contributed by atoms with Crippen LogP contribution >= 0.6 is 0 Å². The van der Waals surface area contributed by atoms with E-state index in [-0.39, 0.29) is 16.4 Å². The van der Waals surface area contributed by atoms with Crippen molar-refractivity contribution in [1.29, 1.82) is 0 Å². The molecule has 1 saturated heterocycles. The maximum absolute atomic E-state index is 12.5. The summed E-state index contributed by atoms with van der Waals surface area (Å²) in [6, 6.07) is 11.3. The Morgan fingerprint density at radius 3 is 2.03 bits per heavy atom. The molecule has 0 radical (unpaired) electrons. The van der Waals surface area contributed by atoms with Gasteiger partial charge in [-0.05, 0) is 79.6 Å². The lowest BCUT2D eigenvalue weighted by molar-refractivity contribution is 0.0846. The molecule has 1 fully saturated rings. The Bertz CT molecular complexity index is 1040. The van der Waals surface area contributed by atoms with E-state index in [1.165, 1.54) is 39.7 Å². The molecular weight excluding hydrogens is 390 g/mol. The molecule has 0 aromatic heterocycles. The average molecular weight is 413 g/mol. The van der Waals surface area contributed by atoms with Crippen LogP contribution in [0.1, 0.15) is 51.1 Å². The lowest BCUT2D eigenvalue weighted by Crippen LogP contribution is -2.41. The Labute approximate surface area is 170 Å². The number of nitrogens with one attached hydrogen (secondary N) is 2. The van der Waals surface area contributed by atoms with Crippen molar-refractivity contribution in [2.45, 2.75) is 37.0 Å². The number of carbonyl (C=O) groups is 2. The first-order valence-electron chi connectivity index (χ1n) is 9.78. The van der Waals surface area contributed by atoms with Crippen molar-refractivity contribution < 1.29 is 18.0 Å². The molecule has 0 spiro atoms. The van der Waals surface area contributed by atoms with Gasteiger partial charge in [-0.15, -0.1) is 0 Å². The van der Waals surface area contributed by atoms with Gasteiger partial charge in [0.1, 0.15) is 0 Å². The van der Waals surface area contributed by atoms with E-state index in [1.807, 2.05) is 12.1 Å². The largest absolute Gasteiger partial charge is 0.269 e. The highest BCUT2D eigenvalue weighted by Crippen LogP contribution is 2.23. The third-order valence-corrected chi connectivity index (χ3v) is 7.38. The number of hydrogen-bond acceptors (Lipinski definition) is 4. The van der Waals surface area contributed by atoms with E-state index in [4.69, 9.17) is 0 Å². The minimum Gasteiger partial charge on any atom is -0.267 e. The fourth-order valence-corrected chi connectivity index (χ4v) is 5.34. The van der Waals surface area contributed by atoms with E-state index >= 15 is 0 Å². The second kappa shape index (κ2) is 7.96. The van der Waals surface area contributed by atoms with Crippen LogP contribution in [0.5, 0.6) is 0 Å². The molecule has 2 aliphatic rings. The predicted molar refractivity (Wildman–Crippen MR) is 108 cm³/mol. The van der Waals surface area contributed by atoms with Crippen molar-refractivity contribution in [3.05, 3.63) is 64.7 Å². The van der Waals surface area contributed by atoms with Gasteiger partial charge in [0.25, 0.3) is 11.8 Å². The van der Waals surface area contributed by atoms with Crippen LogP contribution in [0.3, 0.4) is 0 Å². The standard InChI is InChI=1S/C21H23N3O4S/c25-20(22-23-21(26)18-7-6-15-4-3-5-17(15)14-18)16-8-10-19(11-9-16)29(27,28)24-12-1-2-13-24/h6-11,14H,1-5,12-13H2,(H,22,25)(H,23,26). The van der Waals surface area contributed by atoms with Crippen LogP contribution in [0.25, 0.3) is 0 Å². The first-order valence-corrected chi connectivity index (χ1v) is 11.2. The highest BCUT2D eigenvalue weighted by molar-refractivity contribution is 7.89. The summed E-state index contributed by atoms with van der Waals surface area (Å²) in [6.45, 7) is 1.05. The predicted octanol–water partition coefficient (Wildman–Crippen LogP) is 2.03. The third kappa shape index (κ3) is 4.04. The van der Waals surface area contributed by atoms with Crippen LogP contribution in [0.2, 0.25) is 0 Å². The van der Waals surface area contributed by atoms with Gasteiger partial charge in [-0.3, -0.25) is 20.4 Å². The summed E-state index contributed by atoms with van der Waals surface area (Å²) >= 11 is 0. The molecule has 1 heterocycles. The van der Waals surface area contributed by atoms with Crippen LogP contribution in [0.15, 0.2) is 47.4 Å². The maximum atomic E-state index is 12.5. The fourth-order valence-electron chi connectivity index (χ4n) is 3.83. The summed E-state index contributed by atoms with van der Waals surface area (Å²) in [5, 5.41) is 0. The van der Waals surface area contributed by atoms with E-state index in [1.54, 1.807) is 6.07 Å². The van der Waals surface area contributed by atoms with Crippen molar-refractivity contribution in [3.63, 3.8) is 0 Å². The number of sulfonamides is 1. The Balaban J connectivity index is 1.38. The van der Waals surface area contributed by atoms with Gasteiger partial charge in [0.05, 0.1) is 4.90 Å². The van der Waals surface area contributed by atoms with Crippen LogP contribution in [0, 0.1) is 0 Å². The Hall–Kier alpha value is -2.71. The molecule has 1 aliphatic heterocycles. The summed E-state index contributed by atoms with van der Waals surface area (Å²) in [4.78, 5) is 24.8. The molecule has 4 rings (SSSR count). The second-order valence-electron chi connectivity index (χ2n) is 7.38. The zero-order valence-corrected chi connectivity index (χ0v) is 16.8. The first kappa shape index (κ1) is 19.6. The van der Waals surface area contributed by atoms with Crippen molar-refractivity contribution in [2.75, 3.05) is 13.1 Å². The molecule has 1 aliphatic carbocycles. The summed E-state index contributed by atoms with van der Waals surface area (Å²) in [6.07, 6.45) is 4.83. The van der Waals surface area contributed by atoms with Gasteiger partial charge in [0, 0.05) is 24.2 Å². The number of hydrazine groups is 1. The number of aryl methyl sites for hydroxylation is 2. The topological polar surface area (TPSA) is 95.6 Å². The summed E-state index contributed by atoms with van der Waals surface area (Å²) < 4.78 is 26.5. The van der Waals surface area contributed by atoms with Crippen LogP contribution in [-0.2, 0) is 22.9 Å². The SMILES string of the molecule is O=C(NNC(=O)c1ccc2c(c1)CCC2)c1ccc(S(=O)(=O)N2CCCC2)cc1. The van der Waals surface area contributed by atoms with Crippen LogP contribution < -0.4 is 10.9 Å². The molecular formula is C21H23N3O4S. The molecule has 8 heteroatoms. The molecule has 2 aromatic carbocycles. The normalized spacial score (nSPS) is 16.4. The van der Waals surface area contributed by atoms with Crippen LogP contribution in [0.4, 0.5) is 0 Å². The molecule has 0 unspecified atom stereocenters. The van der Waals surface area contributed by atoms with Gasteiger partial charge in [-0.1, -0.05) is 6.07 Å². The van der Waals surface area contributed by atoms with Gasteiger partial charge in [-0.25, -0.2) is 8.42 Å². The molecule has 7 nitrogen and oxygen atoms in total. The smallest absolute Gasteiger partial charge is 0.267 e. The number of fused-ring (bicyclic) bond motifs is 1. The Morgan fingerprint density at radius 1 is 0.759 bits per heavy atom. The van der Waals surface area contributed by atoms with Gasteiger partial charge >= 0.3 is 0 Å². The number of rotatable bonds is 4. The zero-order chi connectivity index (χ0) is 20.4. The summed E-state index contributed by atoms with van der Waals surface area (Å²) in [5.41, 5.74) is 8.01. The molecule has 2 N–H and O–H groups in total. The van der Waals surface area contributed by atoms with Crippen molar-refractivity contribution in [1.82, 2.24) is 15.2 Å². The van der Waals surface area contributed by atoms with Crippen LogP contribution in [-0.4, -0.2) is 37.6 Å². The van der Waals surface area contributed by atoms with E-state index in [0.29, 0.717) is 18.7 Å². The minimum atomic E-state index is -3.52. The fraction of sp³-hybridized carbons (Fsp3) is 0.333. The van der Waals surface area contributed by atoms with Gasteiger partial charge in [0.15, 0.2) is 0 Å². The van der Waals surface area contributed by atoms with E-state index in [9.17, 15) is 18.0 Å². The first-order chi connectivity index (χ1) is 13.9. The van der Waals surface area contributed by atoms with E-state index in [0.717, 1.165) is 32.1 Å². The van der Waals surface area contributed by atoms with Gasteiger partial charge in [0.2, 0.25) is 10.0 Å². The van der Waals surface area contributed by atoms with E-state index in [2.05, 4.69) is 10.9 Å². The van der Waals surface area contributed by atoms with Gasteiger partial charge in [-0.2, -0.15) is 4.31 Å². The van der Waals surface area contributed by atoms with E-state index < -0.39 is 15.9 Å². The van der Waals surface area contributed by atoms with Crippen molar-refractivity contribution in [3.8, 4) is 0 Å². The molecule has 2 amide bonds. The molecule has 0 atom stereocenters. The molecule has 0 bridgehead atoms. The summed E-state index contributed by atoms with van der Waals surface area (Å²) in [7, 11) is -3.52. The third-order valence-electron chi connectivity index (χ3n) is 5.47. The lowest BCUT2D eigenvalue weighted by Gasteiger charge is -2.15. The van der Waals surface area contributed by atoms with Gasteiger partial charge < -0.3 is 0 Å².